The second-order valence-corrected chi connectivity index (χ2v) is 17.2. The van der Waals surface area contributed by atoms with Gasteiger partial charge in [-0.05, 0) is 89.5 Å². The van der Waals surface area contributed by atoms with Crippen molar-refractivity contribution in [2.24, 2.45) is 0 Å². The van der Waals surface area contributed by atoms with Gasteiger partial charge in [-0.25, -0.2) is 14.8 Å². The summed E-state index contributed by atoms with van der Waals surface area (Å²) in [5.74, 6) is 4.35. The Morgan fingerprint density at radius 1 is 0.754 bits per heavy atom. The average molecular weight is 873 g/mol. The molecule has 0 spiro atoms. The summed E-state index contributed by atoms with van der Waals surface area (Å²) in [6.07, 6.45) is 10.3. The second kappa shape index (κ2) is 19.6. The van der Waals surface area contributed by atoms with Crippen LogP contribution in [-0.4, -0.2) is 120 Å². The van der Waals surface area contributed by atoms with Crippen LogP contribution < -0.4 is 28.7 Å². The number of benzene rings is 2. The van der Waals surface area contributed by atoms with E-state index in [1.807, 2.05) is 80.9 Å². The van der Waals surface area contributed by atoms with E-state index >= 15 is 0 Å². The third-order valence-corrected chi connectivity index (χ3v) is 11.1. The lowest BCUT2D eigenvalue weighted by Crippen LogP contribution is -2.38. The molecule has 0 atom stereocenters. The van der Waals surface area contributed by atoms with Crippen LogP contribution in [0.3, 0.4) is 0 Å². The molecule has 0 aliphatic carbocycles. The lowest BCUT2D eigenvalue weighted by molar-refractivity contribution is 0.0232. The third kappa shape index (κ3) is 11.9. The molecule has 18 nitrogen and oxygen atoms in total. The Balaban J connectivity index is 0.000000189. The SMILES string of the molecule is CN(CCCN(C)c1nc(-n2ccnc2)ns1)Cc1ccc2c(c1)OCO2.Cc1cn(-c2nsc(N(C)CCCN(Cc3ccc4c(c3)OCO4)C(=O)OC(C)(C)C)n2)cn1. The van der Waals surface area contributed by atoms with Gasteiger partial charge in [0.05, 0.1) is 5.69 Å². The summed E-state index contributed by atoms with van der Waals surface area (Å²) in [4.78, 5) is 38.5. The molecule has 0 N–H and O–H groups in total. The molecule has 2 aliphatic rings. The lowest BCUT2D eigenvalue weighted by Gasteiger charge is -2.28. The Morgan fingerprint density at radius 3 is 1.89 bits per heavy atom. The maximum Gasteiger partial charge on any atom is 0.410 e. The van der Waals surface area contributed by atoms with Crippen molar-refractivity contribution in [3.05, 3.63) is 84.5 Å². The van der Waals surface area contributed by atoms with Crippen LogP contribution in [0.2, 0.25) is 0 Å². The number of carbonyl (C=O) groups excluding carboxylic acids is 1. The molecule has 20 heteroatoms. The van der Waals surface area contributed by atoms with Crippen LogP contribution in [0.25, 0.3) is 11.9 Å². The van der Waals surface area contributed by atoms with E-state index < -0.39 is 5.60 Å². The Labute approximate surface area is 363 Å². The van der Waals surface area contributed by atoms with Gasteiger partial charge >= 0.3 is 6.09 Å². The van der Waals surface area contributed by atoms with Crippen LogP contribution in [0.5, 0.6) is 23.0 Å². The maximum absolute atomic E-state index is 12.9. The predicted octanol–water partition coefficient (Wildman–Crippen LogP) is 6.44. The van der Waals surface area contributed by atoms with E-state index in [1.54, 1.807) is 28.3 Å². The molecular formula is C41H52N12O6S2. The topological polar surface area (TPSA) is 163 Å². The highest BCUT2D eigenvalue weighted by Crippen LogP contribution is 2.34. The van der Waals surface area contributed by atoms with E-state index in [9.17, 15) is 4.79 Å². The van der Waals surface area contributed by atoms with Crippen molar-refractivity contribution in [3.8, 4) is 34.9 Å². The normalized spacial score (nSPS) is 12.7. The van der Waals surface area contributed by atoms with Gasteiger partial charge in [0.25, 0.3) is 0 Å². The van der Waals surface area contributed by atoms with Crippen molar-refractivity contribution in [2.45, 2.75) is 59.2 Å². The molecule has 0 unspecified atom stereocenters. The highest BCUT2D eigenvalue weighted by atomic mass is 32.1. The van der Waals surface area contributed by atoms with E-state index in [-0.39, 0.29) is 12.9 Å². The third-order valence-electron chi connectivity index (χ3n) is 9.45. The van der Waals surface area contributed by atoms with Gasteiger partial charge in [0.15, 0.2) is 23.0 Å². The number of nitrogens with zero attached hydrogens (tertiary/aromatic N) is 12. The number of hydrogen-bond acceptors (Lipinski definition) is 17. The summed E-state index contributed by atoms with van der Waals surface area (Å²) in [6.45, 7) is 12.5. The maximum atomic E-state index is 12.9. The van der Waals surface area contributed by atoms with E-state index in [4.69, 9.17) is 23.7 Å². The molecule has 61 heavy (non-hydrogen) atoms. The van der Waals surface area contributed by atoms with Crippen LogP contribution in [0.1, 0.15) is 50.4 Å². The van der Waals surface area contributed by atoms with Gasteiger partial charge in [0.1, 0.15) is 18.3 Å². The van der Waals surface area contributed by atoms with Crippen molar-refractivity contribution in [3.63, 3.8) is 0 Å². The first kappa shape index (κ1) is 43.1. The zero-order chi connectivity index (χ0) is 42.9. The zero-order valence-corrected chi connectivity index (χ0v) is 37.2. The summed E-state index contributed by atoms with van der Waals surface area (Å²) in [5, 5.41) is 1.72. The minimum absolute atomic E-state index is 0.217. The fraction of sp³-hybridized carbons (Fsp3) is 0.439. The number of rotatable bonds is 16. The highest BCUT2D eigenvalue weighted by molar-refractivity contribution is 7.10. The van der Waals surface area contributed by atoms with Gasteiger partial charge in [-0.3, -0.25) is 9.13 Å². The smallest absolute Gasteiger partial charge is 0.410 e. The first-order valence-corrected chi connectivity index (χ1v) is 21.4. The Morgan fingerprint density at radius 2 is 1.33 bits per heavy atom. The number of fused-ring (bicyclic) bond motifs is 2. The first-order chi connectivity index (χ1) is 29.4. The van der Waals surface area contributed by atoms with Gasteiger partial charge in [-0.15, -0.1) is 0 Å². The van der Waals surface area contributed by atoms with Crippen molar-refractivity contribution in [1.82, 2.24) is 47.6 Å². The van der Waals surface area contributed by atoms with Gasteiger partial charge in [-0.2, -0.15) is 18.7 Å². The summed E-state index contributed by atoms with van der Waals surface area (Å²) in [7, 11) is 6.15. The van der Waals surface area contributed by atoms with Crippen molar-refractivity contribution in [1.29, 1.82) is 0 Å². The zero-order valence-electron chi connectivity index (χ0n) is 35.6. The van der Waals surface area contributed by atoms with Gasteiger partial charge in [-0.1, -0.05) is 12.1 Å². The molecule has 324 valence electrons. The fourth-order valence-corrected chi connectivity index (χ4v) is 7.67. The first-order valence-electron chi connectivity index (χ1n) is 19.9. The number of aryl methyl sites for hydroxylation is 1. The largest absolute Gasteiger partial charge is 0.454 e. The minimum atomic E-state index is -0.574. The Hall–Kier alpha value is -5.99. The molecule has 0 fully saturated rings. The summed E-state index contributed by atoms with van der Waals surface area (Å²) in [5.41, 5.74) is 2.52. The molecule has 1 amide bonds. The fourth-order valence-electron chi connectivity index (χ4n) is 6.36. The molecular weight excluding hydrogens is 821 g/mol. The summed E-state index contributed by atoms with van der Waals surface area (Å²) >= 11 is 2.74. The molecule has 4 aromatic heterocycles. The molecule has 2 aliphatic heterocycles. The van der Waals surface area contributed by atoms with Crippen LogP contribution in [0.4, 0.5) is 15.1 Å². The molecule has 8 rings (SSSR count). The van der Waals surface area contributed by atoms with E-state index in [2.05, 4.69) is 64.7 Å². The quantitative estimate of drug-likeness (QED) is 0.104. The summed E-state index contributed by atoms with van der Waals surface area (Å²) < 4.78 is 39.7. The van der Waals surface area contributed by atoms with Crippen molar-refractivity contribution >= 4 is 39.4 Å². The van der Waals surface area contributed by atoms with Crippen molar-refractivity contribution < 1.29 is 28.5 Å². The number of carbonyl (C=O) groups is 1. The average Bonchev–Trinajstić information content (AvgIpc) is 4.08. The second-order valence-electron chi connectivity index (χ2n) is 15.7. The van der Waals surface area contributed by atoms with E-state index in [1.165, 1.54) is 28.6 Å². The molecule has 0 saturated carbocycles. The molecule has 6 aromatic rings. The van der Waals surface area contributed by atoms with Gasteiger partial charge in [0, 0.05) is 88.5 Å². The standard InChI is InChI=1S/C23H30N6O4S.C18H22N6O2S/c1-16-12-29(14-24-16)20-25-21(34-26-20)27(5)9-6-10-28(22(30)33-23(2,3)4)13-17-7-8-18-19(11-17)32-15-31-18;1-22(11-14-4-5-15-16(10-14)26-13-25-15)7-3-8-23(2)18-20-17(21-27-18)24-9-6-19-12-24/h7-8,11-12,14H,6,9-10,13,15H2,1-5H3;4-6,9-10,12H,3,7-8,11,13H2,1-2H3. The summed E-state index contributed by atoms with van der Waals surface area (Å²) in [6, 6.07) is 11.9. The Bertz CT molecular complexity index is 2340. The number of ether oxygens (including phenoxy) is 5. The highest BCUT2D eigenvalue weighted by Gasteiger charge is 2.24. The minimum Gasteiger partial charge on any atom is -0.454 e. The van der Waals surface area contributed by atoms with E-state index in [0.29, 0.717) is 44.1 Å². The number of aromatic nitrogens is 8. The monoisotopic (exact) mass is 872 g/mol. The number of anilines is 2. The molecule has 6 heterocycles. The number of imidazole rings is 2. The molecule has 0 bridgehead atoms. The number of amides is 1. The lowest BCUT2D eigenvalue weighted by atomic mass is 10.2. The number of hydrogen-bond donors (Lipinski definition) is 0. The van der Waals surface area contributed by atoms with Gasteiger partial charge in [0.2, 0.25) is 35.7 Å². The van der Waals surface area contributed by atoms with Crippen LogP contribution >= 0.6 is 23.1 Å². The van der Waals surface area contributed by atoms with Crippen LogP contribution in [0, 0.1) is 6.92 Å². The predicted molar refractivity (Wildman–Crippen MR) is 233 cm³/mol. The van der Waals surface area contributed by atoms with Crippen LogP contribution in [-0.2, 0) is 17.8 Å². The Kier molecular flexibility index (Phi) is 13.8. The van der Waals surface area contributed by atoms with Crippen molar-refractivity contribution in [2.75, 3.05) is 70.7 Å². The molecule has 2 aromatic carbocycles. The van der Waals surface area contributed by atoms with Crippen LogP contribution in [0.15, 0.2) is 67.6 Å². The molecule has 0 radical (unpaired) electrons. The van der Waals surface area contributed by atoms with Gasteiger partial charge < -0.3 is 43.3 Å². The van der Waals surface area contributed by atoms with E-state index in [0.717, 1.165) is 71.2 Å². The molecule has 0 saturated heterocycles.